The molecule has 2 nitrogen and oxygen atoms in total. The van der Waals surface area contributed by atoms with Crippen molar-refractivity contribution in [1.29, 1.82) is 0 Å². The Morgan fingerprint density at radius 3 is 1.73 bits per heavy atom. The quantitative estimate of drug-likeness (QED) is 0.211. The summed E-state index contributed by atoms with van der Waals surface area (Å²) in [6.07, 6.45) is 0. The van der Waals surface area contributed by atoms with Gasteiger partial charge in [0.25, 0.3) is 0 Å². The van der Waals surface area contributed by atoms with Crippen molar-refractivity contribution in [1.82, 2.24) is 0 Å². The third kappa shape index (κ3) is 2.85. The van der Waals surface area contributed by atoms with E-state index in [9.17, 15) is 0 Å². The summed E-state index contributed by atoms with van der Waals surface area (Å²) in [6.45, 7) is 9.69. The number of hydrogen-bond donors (Lipinski definition) is 0. The van der Waals surface area contributed by atoms with Gasteiger partial charge in [0, 0.05) is 40.6 Å². The van der Waals surface area contributed by atoms with E-state index in [1.807, 2.05) is 0 Å². The molecule has 40 heavy (non-hydrogen) atoms. The maximum absolute atomic E-state index is 2.70. The van der Waals surface area contributed by atoms with Gasteiger partial charge in [-0.15, -0.1) is 0 Å². The third-order valence-corrected chi connectivity index (χ3v) is 9.89. The second kappa shape index (κ2) is 7.91. The highest BCUT2D eigenvalue weighted by molar-refractivity contribution is 6.92. The van der Waals surface area contributed by atoms with Crippen LogP contribution in [-0.4, -0.2) is 13.9 Å². The number of para-hydroxylation sites is 3. The lowest BCUT2D eigenvalue weighted by molar-refractivity contribution is 0.619. The third-order valence-electron chi connectivity index (χ3n) is 9.89. The molecule has 0 unspecified atom stereocenters. The number of anilines is 4. The lowest BCUT2D eigenvalue weighted by Crippen LogP contribution is -2.61. The SMILES string of the molecule is CN1c2ccccc2B(N2c3ccccc3C(C)(C)c3ccc4c(c32)C(C)(C)c2ccccc2-4)c2ccccc21. The Bertz CT molecular complexity index is 1800. The predicted octanol–water partition coefficient (Wildman–Crippen LogP) is 7.66. The lowest BCUT2D eigenvalue weighted by atomic mass is 9.45. The fourth-order valence-corrected chi connectivity index (χ4v) is 7.97. The highest BCUT2D eigenvalue weighted by Crippen LogP contribution is 2.59. The van der Waals surface area contributed by atoms with Gasteiger partial charge in [-0.3, -0.25) is 0 Å². The van der Waals surface area contributed by atoms with Gasteiger partial charge in [0.15, 0.2) is 0 Å². The summed E-state index contributed by atoms with van der Waals surface area (Å²) in [6, 6.07) is 40.9. The summed E-state index contributed by atoms with van der Waals surface area (Å²) in [4.78, 5) is 5.06. The molecule has 0 N–H and O–H groups in total. The Hall–Kier alpha value is -4.24. The Balaban J connectivity index is 1.52. The van der Waals surface area contributed by atoms with E-state index in [2.05, 4.69) is 154 Å². The molecule has 1 aliphatic carbocycles. The van der Waals surface area contributed by atoms with E-state index in [1.165, 1.54) is 67.1 Å². The molecule has 0 radical (unpaired) electrons. The first-order valence-corrected chi connectivity index (χ1v) is 14.4. The van der Waals surface area contributed by atoms with Crippen molar-refractivity contribution in [3.05, 3.63) is 131 Å². The molecule has 0 atom stereocenters. The zero-order chi connectivity index (χ0) is 27.4. The summed E-state index contributed by atoms with van der Waals surface area (Å²) in [7, 11) is 2.20. The molecule has 194 valence electrons. The van der Waals surface area contributed by atoms with Gasteiger partial charge in [-0.2, -0.15) is 0 Å². The van der Waals surface area contributed by atoms with Crippen molar-refractivity contribution in [2.24, 2.45) is 0 Å². The summed E-state index contributed by atoms with van der Waals surface area (Å²) < 4.78 is 0. The molecular formula is C37H33BN2. The van der Waals surface area contributed by atoms with Crippen LogP contribution in [0.15, 0.2) is 109 Å². The van der Waals surface area contributed by atoms with E-state index in [4.69, 9.17) is 0 Å². The van der Waals surface area contributed by atoms with Crippen LogP contribution < -0.4 is 20.6 Å². The highest BCUT2D eigenvalue weighted by atomic mass is 15.2. The van der Waals surface area contributed by atoms with Crippen LogP contribution >= 0.6 is 0 Å². The molecule has 3 heteroatoms. The number of nitrogens with zero attached hydrogens (tertiary/aromatic N) is 2. The number of benzene rings is 5. The molecule has 5 aromatic rings. The normalized spacial score (nSPS) is 16.9. The zero-order valence-electron chi connectivity index (χ0n) is 23.9. The molecule has 0 spiro atoms. The first-order chi connectivity index (χ1) is 19.3. The van der Waals surface area contributed by atoms with Crippen molar-refractivity contribution in [3.63, 3.8) is 0 Å². The van der Waals surface area contributed by atoms with Gasteiger partial charge in [-0.05, 0) is 62.5 Å². The summed E-state index contributed by atoms with van der Waals surface area (Å²) in [5.74, 6) is 0. The van der Waals surface area contributed by atoms with E-state index >= 15 is 0 Å². The fourth-order valence-electron chi connectivity index (χ4n) is 7.97. The van der Waals surface area contributed by atoms with Crippen LogP contribution in [0, 0.1) is 0 Å². The number of fused-ring (bicyclic) bond motifs is 8. The Labute approximate surface area is 238 Å². The molecule has 2 aliphatic heterocycles. The second-order valence-corrected chi connectivity index (χ2v) is 12.6. The smallest absolute Gasteiger partial charge is 0.332 e. The van der Waals surface area contributed by atoms with E-state index < -0.39 is 0 Å². The minimum Gasteiger partial charge on any atom is -0.376 e. The molecule has 0 amide bonds. The van der Waals surface area contributed by atoms with Gasteiger partial charge in [-0.25, -0.2) is 0 Å². The first-order valence-electron chi connectivity index (χ1n) is 14.4. The average molecular weight is 516 g/mol. The molecule has 3 aliphatic rings. The summed E-state index contributed by atoms with van der Waals surface area (Å²) >= 11 is 0. The van der Waals surface area contributed by atoms with Crippen molar-refractivity contribution in [2.45, 2.75) is 38.5 Å². The Morgan fingerprint density at radius 2 is 1.05 bits per heavy atom. The maximum Gasteiger partial charge on any atom is 0.332 e. The molecular weight excluding hydrogens is 483 g/mol. The molecule has 8 rings (SSSR count). The molecule has 0 aromatic heterocycles. The number of hydrogen-bond acceptors (Lipinski definition) is 2. The number of rotatable bonds is 1. The zero-order valence-corrected chi connectivity index (χ0v) is 23.9. The van der Waals surface area contributed by atoms with Crippen LogP contribution in [0.3, 0.4) is 0 Å². The molecule has 0 saturated heterocycles. The van der Waals surface area contributed by atoms with Crippen molar-refractivity contribution < 1.29 is 0 Å². The average Bonchev–Trinajstić information content (AvgIpc) is 3.21. The van der Waals surface area contributed by atoms with Crippen LogP contribution in [0.5, 0.6) is 0 Å². The standard InChI is InChI=1S/C37H33BN2/c1-36(2)27-16-8-11-19-31(27)40(38-29-17-9-12-20-32(29)39(5)33-21-13-10-18-30(33)38)35-28(36)23-22-25-24-14-6-7-15-26(24)37(3,4)34(25)35/h6-23H,1-5H3. The van der Waals surface area contributed by atoms with Crippen LogP contribution in [0.4, 0.5) is 22.7 Å². The minimum atomic E-state index is -0.132. The van der Waals surface area contributed by atoms with Crippen LogP contribution in [0.25, 0.3) is 11.1 Å². The molecule has 5 aromatic carbocycles. The Kier molecular flexibility index (Phi) is 4.68. The van der Waals surface area contributed by atoms with Gasteiger partial charge in [0.1, 0.15) is 0 Å². The van der Waals surface area contributed by atoms with E-state index in [1.54, 1.807) is 0 Å². The van der Waals surface area contributed by atoms with Crippen molar-refractivity contribution in [2.75, 3.05) is 16.8 Å². The van der Waals surface area contributed by atoms with E-state index in [0.717, 1.165) is 0 Å². The topological polar surface area (TPSA) is 6.48 Å². The maximum atomic E-state index is 2.70. The van der Waals surface area contributed by atoms with Gasteiger partial charge >= 0.3 is 6.85 Å². The fraction of sp³-hybridized carbons (Fsp3) is 0.189. The first kappa shape index (κ1) is 23.6. The van der Waals surface area contributed by atoms with Crippen LogP contribution in [-0.2, 0) is 10.8 Å². The monoisotopic (exact) mass is 516 g/mol. The highest BCUT2D eigenvalue weighted by Gasteiger charge is 2.49. The largest absolute Gasteiger partial charge is 0.376 e. The van der Waals surface area contributed by atoms with Crippen LogP contribution in [0.2, 0.25) is 0 Å². The minimum absolute atomic E-state index is 0.0469. The van der Waals surface area contributed by atoms with Gasteiger partial charge in [0.05, 0.1) is 0 Å². The van der Waals surface area contributed by atoms with Gasteiger partial charge in [0.2, 0.25) is 0 Å². The predicted molar refractivity (Wildman–Crippen MR) is 171 cm³/mol. The van der Waals surface area contributed by atoms with E-state index in [-0.39, 0.29) is 17.7 Å². The second-order valence-electron chi connectivity index (χ2n) is 12.6. The summed E-state index contributed by atoms with van der Waals surface area (Å²) in [5, 5.41) is 0. The van der Waals surface area contributed by atoms with Gasteiger partial charge < -0.3 is 9.71 Å². The van der Waals surface area contributed by atoms with Crippen LogP contribution in [0.1, 0.15) is 49.9 Å². The lowest BCUT2D eigenvalue weighted by Gasteiger charge is -2.49. The molecule has 0 bridgehead atoms. The summed E-state index contributed by atoms with van der Waals surface area (Å²) in [5.41, 5.74) is 16.0. The molecule has 0 saturated carbocycles. The molecule has 2 heterocycles. The Morgan fingerprint density at radius 1 is 0.500 bits per heavy atom. The van der Waals surface area contributed by atoms with Gasteiger partial charge in [-0.1, -0.05) is 119 Å². The van der Waals surface area contributed by atoms with Crippen molar-refractivity contribution in [3.8, 4) is 11.1 Å². The molecule has 0 fully saturated rings. The van der Waals surface area contributed by atoms with Crippen molar-refractivity contribution >= 4 is 40.5 Å². The van der Waals surface area contributed by atoms with E-state index in [0.29, 0.717) is 0 Å².